The van der Waals surface area contributed by atoms with Crippen molar-refractivity contribution in [1.29, 1.82) is 0 Å². The summed E-state index contributed by atoms with van der Waals surface area (Å²) >= 11 is 0. The van der Waals surface area contributed by atoms with Gasteiger partial charge in [0.1, 0.15) is 5.78 Å². The number of pyridine rings is 1. The number of para-hydroxylation sites is 1. The molecular weight excluding hydrogens is 248 g/mol. The Balaban J connectivity index is 2.07. The first-order valence-corrected chi connectivity index (χ1v) is 7.14. The number of nitrogens with two attached hydrogens (primary N) is 1. The number of fused-ring (bicyclic) bond motifs is 4. The topological polar surface area (TPSA) is 56.0 Å². The molecule has 2 N–H and O–H groups in total. The van der Waals surface area contributed by atoms with Gasteiger partial charge >= 0.3 is 0 Å². The summed E-state index contributed by atoms with van der Waals surface area (Å²) in [4.78, 5) is 16.8. The molecule has 0 aliphatic heterocycles. The van der Waals surface area contributed by atoms with Crippen molar-refractivity contribution in [2.24, 2.45) is 5.41 Å². The van der Waals surface area contributed by atoms with Crippen LogP contribution in [0.5, 0.6) is 0 Å². The average Bonchev–Trinajstić information content (AvgIpc) is 2.70. The standard InChI is InChI=1S/C17H18N2O/c1-16-7-10(20)8-17(16,2)14-13(9-16)19-12-6-4-3-5-11(12)15(14)18/h3-6H,7-9H2,1-2H3,(H2,18,19). The van der Waals surface area contributed by atoms with Gasteiger partial charge in [0, 0.05) is 40.6 Å². The van der Waals surface area contributed by atoms with Crippen LogP contribution in [0, 0.1) is 5.41 Å². The largest absolute Gasteiger partial charge is 0.398 e. The Morgan fingerprint density at radius 2 is 1.90 bits per heavy atom. The van der Waals surface area contributed by atoms with E-state index in [0.717, 1.165) is 34.3 Å². The fourth-order valence-electron chi connectivity index (χ4n) is 4.35. The van der Waals surface area contributed by atoms with E-state index in [0.29, 0.717) is 18.6 Å². The number of nitrogens with zero attached hydrogens (tertiary/aromatic N) is 1. The van der Waals surface area contributed by atoms with Gasteiger partial charge in [0.15, 0.2) is 0 Å². The van der Waals surface area contributed by atoms with Gasteiger partial charge in [-0.25, -0.2) is 0 Å². The molecule has 2 atom stereocenters. The number of nitrogen functional groups attached to an aromatic ring is 1. The van der Waals surface area contributed by atoms with Gasteiger partial charge in [-0.15, -0.1) is 0 Å². The van der Waals surface area contributed by atoms with Crippen LogP contribution in [0.15, 0.2) is 24.3 Å². The van der Waals surface area contributed by atoms with Crippen LogP contribution in [-0.4, -0.2) is 10.8 Å². The van der Waals surface area contributed by atoms with E-state index in [1.807, 2.05) is 24.3 Å². The zero-order valence-corrected chi connectivity index (χ0v) is 11.9. The fraction of sp³-hybridized carbons (Fsp3) is 0.412. The van der Waals surface area contributed by atoms with Gasteiger partial charge in [0.05, 0.1) is 5.52 Å². The van der Waals surface area contributed by atoms with E-state index in [9.17, 15) is 4.79 Å². The first-order valence-electron chi connectivity index (χ1n) is 7.14. The molecule has 2 aromatic rings. The van der Waals surface area contributed by atoms with Crippen LogP contribution >= 0.6 is 0 Å². The van der Waals surface area contributed by atoms with E-state index in [-0.39, 0.29) is 10.8 Å². The molecule has 1 aromatic carbocycles. The van der Waals surface area contributed by atoms with Gasteiger partial charge in [-0.1, -0.05) is 32.0 Å². The molecule has 102 valence electrons. The lowest BCUT2D eigenvalue weighted by Crippen LogP contribution is -2.32. The molecule has 0 bridgehead atoms. The summed E-state index contributed by atoms with van der Waals surface area (Å²) in [7, 11) is 0. The van der Waals surface area contributed by atoms with Crippen molar-refractivity contribution in [3.8, 4) is 0 Å². The normalized spacial score (nSPS) is 31.6. The van der Waals surface area contributed by atoms with Crippen molar-refractivity contribution >= 4 is 22.4 Å². The van der Waals surface area contributed by atoms with Crippen LogP contribution in [0.1, 0.15) is 37.9 Å². The maximum absolute atomic E-state index is 12.0. The number of Topliss-reactive ketones (excluding diaryl/α,β-unsaturated/α-hetero) is 1. The summed E-state index contributed by atoms with van der Waals surface area (Å²) in [6.45, 7) is 4.40. The number of carbonyl (C=O) groups is 1. The SMILES string of the molecule is CC12CC(=O)CC1(C)c1c(nc3ccccc3c1N)C2. The molecule has 1 aromatic heterocycles. The van der Waals surface area contributed by atoms with Crippen LogP contribution < -0.4 is 5.73 Å². The second-order valence-corrected chi connectivity index (χ2v) is 6.83. The quantitative estimate of drug-likeness (QED) is 0.797. The van der Waals surface area contributed by atoms with E-state index in [2.05, 4.69) is 13.8 Å². The van der Waals surface area contributed by atoms with Crippen molar-refractivity contribution in [2.45, 2.75) is 38.5 Å². The lowest BCUT2D eigenvalue weighted by Gasteiger charge is -2.34. The second kappa shape index (κ2) is 3.40. The first kappa shape index (κ1) is 11.9. The minimum Gasteiger partial charge on any atom is -0.398 e. The lowest BCUT2D eigenvalue weighted by molar-refractivity contribution is -0.118. The van der Waals surface area contributed by atoms with Gasteiger partial charge in [0.2, 0.25) is 0 Å². The predicted molar refractivity (Wildman–Crippen MR) is 79.6 cm³/mol. The predicted octanol–water partition coefficient (Wildman–Crippen LogP) is 3.00. The smallest absolute Gasteiger partial charge is 0.134 e. The Bertz CT molecular complexity index is 767. The lowest BCUT2D eigenvalue weighted by atomic mass is 9.68. The molecule has 2 unspecified atom stereocenters. The third-order valence-electron chi connectivity index (χ3n) is 5.59. The molecular formula is C17H18N2O. The third-order valence-corrected chi connectivity index (χ3v) is 5.59. The Morgan fingerprint density at radius 1 is 1.15 bits per heavy atom. The number of ketones is 1. The Hall–Kier alpha value is -1.90. The fourth-order valence-corrected chi connectivity index (χ4v) is 4.35. The number of anilines is 1. The minimum absolute atomic E-state index is 0.0229. The average molecular weight is 266 g/mol. The Morgan fingerprint density at radius 3 is 2.70 bits per heavy atom. The third kappa shape index (κ3) is 1.21. The minimum atomic E-state index is -0.152. The van der Waals surface area contributed by atoms with Gasteiger partial charge in [-0.2, -0.15) is 0 Å². The molecule has 1 heterocycles. The number of rotatable bonds is 0. The van der Waals surface area contributed by atoms with E-state index in [1.54, 1.807) is 0 Å². The zero-order valence-electron chi connectivity index (χ0n) is 11.9. The van der Waals surface area contributed by atoms with Crippen LogP contribution in [0.3, 0.4) is 0 Å². The summed E-state index contributed by atoms with van der Waals surface area (Å²) in [5.74, 6) is 0.355. The molecule has 2 aliphatic carbocycles. The zero-order chi connectivity index (χ0) is 14.1. The molecule has 4 rings (SSSR count). The van der Waals surface area contributed by atoms with Crippen LogP contribution in [0.25, 0.3) is 10.9 Å². The van der Waals surface area contributed by atoms with Gasteiger partial charge < -0.3 is 5.73 Å². The van der Waals surface area contributed by atoms with Gasteiger partial charge in [-0.3, -0.25) is 9.78 Å². The highest BCUT2D eigenvalue weighted by Gasteiger charge is 2.59. The summed E-state index contributed by atoms with van der Waals surface area (Å²) < 4.78 is 0. The van der Waals surface area contributed by atoms with E-state index < -0.39 is 0 Å². The number of carbonyl (C=O) groups excluding carboxylic acids is 1. The highest BCUT2D eigenvalue weighted by atomic mass is 16.1. The highest BCUT2D eigenvalue weighted by molar-refractivity contribution is 5.95. The summed E-state index contributed by atoms with van der Waals surface area (Å²) in [5.41, 5.74) is 10.3. The molecule has 1 fully saturated rings. The van der Waals surface area contributed by atoms with Crippen molar-refractivity contribution < 1.29 is 4.79 Å². The second-order valence-electron chi connectivity index (χ2n) is 6.83. The molecule has 0 saturated heterocycles. The molecule has 20 heavy (non-hydrogen) atoms. The molecule has 2 aliphatic rings. The number of benzene rings is 1. The van der Waals surface area contributed by atoms with Crippen LogP contribution in [0.2, 0.25) is 0 Å². The van der Waals surface area contributed by atoms with E-state index in [4.69, 9.17) is 10.7 Å². The van der Waals surface area contributed by atoms with E-state index in [1.165, 1.54) is 0 Å². The Kier molecular flexibility index (Phi) is 2.02. The highest BCUT2D eigenvalue weighted by Crippen LogP contribution is 2.61. The van der Waals surface area contributed by atoms with E-state index >= 15 is 0 Å². The number of hydrogen-bond donors (Lipinski definition) is 1. The number of aromatic nitrogens is 1. The molecule has 0 spiro atoms. The summed E-state index contributed by atoms with van der Waals surface area (Å²) in [6.07, 6.45) is 2.11. The maximum Gasteiger partial charge on any atom is 0.134 e. The van der Waals surface area contributed by atoms with Crippen molar-refractivity contribution in [1.82, 2.24) is 4.98 Å². The Labute approximate surface area is 118 Å². The van der Waals surface area contributed by atoms with Crippen molar-refractivity contribution in [3.05, 3.63) is 35.5 Å². The van der Waals surface area contributed by atoms with Gasteiger partial charge in [0.25, 0.3) is 0 Å². The molecule has 3 nitrogen and oxygen atoms in total. The van der Waals surface area contributed by atoms with Crippen LogP contribution in [0.4, 0.5) is 5.69 Å². The summed E-state index contributed by atoms with van der Waals surface area (Å²) in [5, 5.41) is 1.01. The number of hydrogen-bond acceptors (Lipinski definition) is 3. The van der Waals surface area contributed by atoms with Gasteiger partial charge in [-0.05, 0) is 17.9 Å². The van der Waals surface area contributed by atoms with Crippen LogP contribution in [-0.2, 0) is 16.6 Å². The maximum atomic E-state index is 12.0. The van der Waals surface area contributed by atoms with Crippen molar-refractivity contribution in [3.63, 3.8) is 0 Å². The molecule has 0 radical (unpaired) electrons. The van der Waals surface area contributed by atoms with Crippen molar-refractivity contribution in [2.75, 3.05) is 5.73 Å². The first-order chi connectivity index (χ1) is 9.45. The monoisotopic (exact) mass is 266 g/mol. The molecule has 3 heteroatoms. The molecule has 0 amide bonds. The molecule has 1 saturated carbocycles. The summed E-state index contributed by atoms with van der Waals surface area (Å²) in [6, 6.07) is 8.01.